The largest absolute Gasteiger partial charge is 0.369 e. The lowest BCUT2D eigenvalue weighted by Crippen LogP contribution is -2.63. The maximum atomic E-state index is 14.6. The van der Waals surface area contributed by atoms with Crippen molar-refractivity contribution < 1.29 is 13.9 Å². The quantitative estimate of drug-likeness (QED) is 0.798. The highest BCUT2D eigenvalue weighted by Gasteiger charge is 2.50. The van der Waals surface area contributed by atoms with Crippen LogP contribution in [0.5, 0.6) is 0 Å². The molecule has 3 heterocycles. The summed E-state index contributed by atoms with van der Waals surface area (Å²) in [4.78, 5) is 27.3. The van der Waals surface area contributed by atoms with Crippen LogP contribution in [0.4, 0.5) is 16.2 Å². The van der Waals surface area contributed by atoms with Gasteiger partial charge in [0.05, 0.1) is 19.7 Å². The Hall–Kier alpha value is -1.96. The number of aromatic nitrogens is 2. The minimum Gasteiger partial charge on any atom is -0.369 e. The number of morpholine rings is 1. The number of nitrogens with zero attached hydrogens (tertiary/aromatic N) is 5. The molecule has 8 heteroatoms. The lowest BCUT2D eigenvalue weighted by molar-refractivity contribution is -0.168. The molecule has 2 saturated heterocycles. The number of alkyl halides is 1. The van der Waals surface area contributed by atoms with Crippen molar-refractivity contribution in [1.82, 2.24) is 14.9 Å². The van der Waals surface area contributed by atoms with E-state index >= 15 is 0 Å². The Bertz CT molecular complexity index is 707. The SMILES string of the molecule is CN(C)c1nccc(N2CCCC3(CN(C(=O)C4(F)CCC4)CCO3)C2)n1. The van der Waals surface area contributed by atoms with Crippen molar-refractivity contribution in [3.8, 4) is 0 Å². The van der Waals surface area contributed by atoms with Crippen LogP contribution < -0.4 is 9.80 Å². The van der Waals surface area contributed by atoms with Gasteiger partial charge in [0.1, 0.15) is 11.4 Å². The van der Waals surface area contributed by atoms with Crippen molar-refractivity contribution in [2.75, 3.05) is 56.7 Å². The Morgan fingerprint density at radius 1 is 1.22 bits per heavy atom. The van der Waals surface area contributed by atoms with Crippen molar-refractivity contribution in [3.05, 3.63) is 12.3 Å². The van der Waals surface area contributed by atoms with Crippen molar-refractivity contribution in [1.29, 1.82) is 0 Å². The third-order valence-corrected chi connectivity index (χ3v) is 5.96. The molecule has 0 bridgehead atoms. The Morgan fingerprint density at radius 3 is 2.74 bits per heavy atom. The standard InChI is InChI=1S/C19H28FN5O2/c1-23(2)17-21-9-5-15(22-17)24-10-4-6-18(13-24)14-25(11-12-27-18)16(26)19(20)7-3-8-19/h5,9H,3-4,6-8,10-14H2,1-2H3. The third kappa shape index (κ3) is 3.47. The fourth-order valence-electron chi connectivity index (χ4n) is 4.27. The van der Waals surface area contributed by atoms with E-state index in [4.69, 9.17) is 4.74 Å². The number of amides is 1. The Kier molecular flexibility index (Phi) is 4.70. The lowest BCUT2D eigenvalue weighted by Gasteiger charge is -2.49. The van der Waals surface area contributed by atoms with Crippen LogP contribution in [0.3, 0.4) is 0 Å². The van der Waals surface area contributed by atoms with Gasteiger partial charge in [-0.2, -0.15) is 4.98 Å². The van der Waals surface area contributed by atoms with Crippen molar-refractivity contribution in [3.63, 3.8) is 0 Å². The summed E-state index contributed by atoms with van der Waals surface area (Å²) in [5, 5.41) is 0. The van der Waals surface area contributed by atoms with Crippen LogP contribution in [0, 0.1) is 0 Å². The van der Waals surface area contributed by atoms with Crippen LogP contribution in [0.25, 0.3) is 0 Å². The number of piperidine rings is 1. The first kappa shape index (κ1) is 18.4. The highest BCUT2D eigenvalue weighted by molar-refractivity contribution is 5.86. The van der Waals surface area contributed by atoms with Gasteiger partial charge in [-0.1, -0.05) is 0 Å². The molecule has 27 heavy (non-hydrogen) atoms. The first-order chi connectivity index (χ1) is 12.9. The highest BCUT2D eigenvalue weighted by Crippen LogP contribution is 2.39. The van der Waals surface area contributed by atoms with E-state index in [0.29, 0.717) is 45.0 Å². The second kappa shape index (κ2) is 6.89. The maximum Gasteiger partial charge on any atom is 0.260 e. The number of hydrogen-bond acceptors (Lipinski definition) is 6. The summed E-state index contributed by atoms with van der Waals surface area (Å²) >= 11 is 0. The van der Waals surface area contributed by atoms with Gasteiger partial charge in [-0.25, -0.2) is 9.37 Å². The molecule has 3 fully saturated rings. The topological polar surface area (TPSA) is 61.8 Å². The van der Waals surface area contributed by atoms with Crippen molar-refractivity contribution in [2.24, 2.45) is 0 Å². The normalized spacial score (nSPS) is 27.4. The number of rotatable bonds is 3. The second-order valence-electron chi connectivity index (χ2n) is 8.21. The summed E-state index contributed by atoms with van der Waals surface area (Å²) in [6, 6.07) is 1.91. The maximum absolute atomic E-state index is 14.6. The van der Waals surface area contributed by atoms with Crippen LogP contribution in [0.15, 0.2) is 12.3 Å². The third-order valence-electron chi connectivity index (χ3n) is 5.96. The summed E-state index contributed by atoms with van der Waals surface area (Å²) in [6.45, 7) is 2.93. The number of hydrogen-bond donors (Lipinski definition) is 0. The van der Waals surface area contributed by atoms with Gasteiger partial charge in [-0.05, 0) is 38.2 Å². The number of carbonyl (C=O) groups is 1. The molecule has 0 N–H and O–H groups in total. The fraction of sp³-hybridized carbons (Fsp3) is 0.737. The first-order valence-electron chi connectivity index (χ1n) is 9.78. The van der Waals surface area contributed by atoms with E-state index in [0.717, 1.165) is 31.6 Å². The molecule has 1 unspecified atom stereocenters. The molecular formula is C19H28FN5O2. The summed E-state index contributed by atoms with van der Waals surface area (Å²) in [7, 11) is 3.83. The highest BCUT2D eigenvalue weighted by atomic mass is 19.1. The smallest absolute Gasteiger partial charge is 0.260 e. The Labute approximate surface area is 159 Å². The molecule has 4 rings (SSSR count). The van der Waals surface area contributed by atoms with Gasteiger partial charge in [0.2, 0.25) is 5.95 Å². The fourth-order valence-corrected chi connectivity index (χ4v) is 4.27. The van der Waals surface area contributed by atoms with Crippen molar-refractivity contribution >= 4 is 17.7 Å². The Morgan fingerprint density at radius 2 is 2.04 bits per heavy atom. The predicted molar refractivity (Wildman–Crippen MR) is 101 cm³/mol. The molecule has 0 radical (unpaired) electrons. The van der Waals surface area contributed by atoms with Gasteiger partial charge < -0.3 is 19.4 Å². The average molecular weight is 377 g/mol. The average Bonchev–Trinajstić information content (AvgIpc) is 2.65. The van der Waals surface area contributed by atoms with E-state index in [1.165, 1.54) is 0 Å². The molecule has 7 nitrogen and oxygen atoms in total. The molecule has 1 atom stereocenters. The van der Waals surface area contributed by atoms with E-state index in [9.17, 15) is 9.18 Å². The van der Waals surface area contributed by atoms with Crippen LogP contribution in [0.2, 0.25) is 0 Å². The van der Waals surface area contributed by atoms with Crippen LogP contribution in [0.1, 0.15) is 32.1 Å². The van der Waals surface area contributed by atoms with Gasteiger partial charge in [0.15, 0.2) is 5.67 Å². The van der Waals surface area contributed by atoms with Gasteiger partial charge in [0, 0.05) is 33.4 Å². The van der Waals surface area contributed by atoms with Gasteiger partial charge >= 0.3 is 0 Å². The van der Waals surface area contributed by atoms with Gasteiger partial charge in [-0.15, -0.1) is 0 Å². The number of carbonyl (C=O) groups excluding carboxylic acids is 1. The summed E-state index contributed by atoms with van der Waals surface area (Å²) < 4.78 is 20.8. The second-order valence-corrected chi connectivity index (χ2v) is 8.21. The van der Waals surface area contributed by atoms with E-state index in [-0.39, 0.29) is 5.91 Å². The first-order valence-corrected chi connectivity index (χ1v) is 9.78. The molecule has 0 aromatic carbocycles. The summed E-state index contributed by atoms with van der Waals surface area (Å²) in [5.41, 5.74) is -2.09. The van der Waals surface area contributed by atoms with Gasteiger partial charge in [-0.3, -0.25) is 4.79 Å². The van der Waals surface area contributed by atoms with Crippen LogP contribution in [-0.2, 0) is 9.53 Å². The molecule has 1 aromatic rings. The van der Waals surface area contributed by atoms with E-state index in [1.54, 1.807) is 11.1 Å². The zero-order chi connectivity index (χ0) is 19.1. The molecule has 148 valence electrons. The molecule has 1 saturated carbocycles. The van der Waals surface area contributed by atoms with Crippen molar-refractivity contribution in [2.45, 2.75) is 43.4 Å². The molecule has 3 aliphatic rings. The van der Waals surface area contributed by atoms with Crippen LogP contribution >= 0.6 is 0 Å². The molecule has 1 aromatic heterocycles. The zero-order valence-electron chi connectivity index (χ0n) is 16.2. The monoisotopic (exact) mass is 377 g/mol. The van der Waals surface area contributed by atoms with E-state index < -0.39 is 11.3 Å². The molecule has 2 aliphatic heterocycles. The van der Waals surface area contributed by atoms with Crippen LogP contribution in [-0.4, -0.2) is 78.9 Å². The molecule has 1 spiro atoms. The Balaban J connectivity index is 1.49. The lowest BCUT2D eigenvalue weighted by atomic mass is 9.80. The molecule has 1 amide bonds. The molecular weight excluding hydrogens is 349 g/mol. The van der Waals surface area contributed by atoms with E-state index in [2.05, 4.69) is 14.9 Å². The molecule has 1 aliphatic carbocycles. The minimum atomic E-state index is -1.64. The number of ether oxygens (including phenoxy) is 1. The van der Waals surface area contributed by atoms with E-state index in [1.807, 2.05) is 25.1 Å². The zero-order valence-corrected chi connectivity index (χ0v) is 16.2. The predicted octanol–water partition coefficient (Wildman–Crippen LogP) is 1.63. The summed E-state index contributed by atoms with van der Waals surface area (Å²) in [5.74, 6) is 1.18. The number of anilines is 2. The minimum absolute atomic E-state index is 0.342. The number of halogens is 1. The van der Waals surface area contributed by atoms with Gasteiger partial charge in [0.25, 0.3) is 5.91 Å². The summed E-state index contributed by atoms with van der Waals surface area (Å²) in [6.07, 6.45) is 5.10.